The number of aliphatic carboxylic acids is 1. The zero-order valence-corrected chi connectivity index (χ0v) is 12.7. The largest absolute Gasteiger partial charge is 0.481 e. The highest BCUT2D eigenvalue weighted by Gasteiger charge is 2.34. The molecule has 0 saturated carbocycles. The smallest absolute Gasteiger partial charge is 0.307 e. The van der Waals surface area contributed by atoms with E-state index in [4.69, 9.17) is 0 Å². The van der Waals surface area contributed by atoms with E-state index in [1.54, 1.807) is 6.08 Å². The molecule has 2 rings (SSSR count). The molecule has 2 N–H and O–H groups in total. The Kier molecular flexibility index (Phi) is 4.43. The molecule has 6 heteroatoms. The van der Waals surface area contributed by atoms with Crippen LogP contribution in [0.5, 0.6) is 0 Å². The normalized spacial score (nSPS) is 20.8. The van der Waals surface area contributed by atoms with Crippen molar-refractivity contribution in [2.45, 2.75) is 26.7 Å². The number of carboxylic acid groups (broad SMARTS) is 1. The molecule has 0 saturated heterocycles. The number of aryl methyl sites for hydroxylation is 1. The van der Waals surface area contributed by atoms with Gasteiger partial charge in [0.25, 0.3) is 0 Å². The van der Waals surface area contributed by atoms with E-state index < -0.39 is 17.8 Å². The van der Waals surface area contributed by atoms with Crippen molar-refractivity contribution in [3.8, 4) is 6.07 Å². The summed E-state index contributed by atoms with van der Waals surface area (Å²) in [5.74, 6) is -2.59. The third kappa shape index (κ3) is 2.98. The number of carbonyl (C=O) groups is 2. The maximum Gasteiger partial charge on any atom is 0.307 e. The number of hydrogen-bond acceptors (Lipinski definition) is 4. The molecular formula is C15H16N2O3S. The van der Waals surface area contributed by atoms with Crippen LogP contribution < -0.4 is 5.32 Å². The van der Waals surface area contributed by atoms with Gasteiger partial charge >= 0.3 is 5.97 Å². The van der Waals surface area contributed by atoms with Crippen molar-refractivity contribution in [1.82, 2.24) is 0 Å². The first kappa shape index (κ1) is 15.3. The third-order valence-electron chi connectivity index (χ3n) is 3.82. The molecule has 1 aromatic rings. The lowest BCUT2D eigenvalue weighted by molar-refractivity contribution is -0.146. The van der Waals surface area contributed by atoms with Crippen LogP contribution in [0, 0.1) is 37.0 Å². The number of amides is 1. The number of nitrogens with zero attached hydrogens (tertiary/aromatic N) is 1. The number of allylic oxidation sites excluding steroid dienone is 2. The van der Waals surface area contributed by atoms with Crippen molar-refractivity contribution in [3.63, 3.8) is 0 Å². The third-order valence-corrected chi connectivity index (χ3v) is 4.94. The van der Waals surface area contributed by atoms with E-state index in [-0.39, 0.29) is 5.91 Å². The van der Waals surface area contributed by atoms with Gasteiger partial charge in [-0.15, -0.1) is 11.3 Å². The lowest BCUT2D eigenvalue weighted by Gasteiger charge is -2.23. The molecule has 1 aliphatic rings. The molecule has 0 aliphatic heterocycles. The molecule has 1 heterocycles. The number of carboxylic acids is 1. The monoisotopic (exact) mass is 304 g/mol. The number of nitrogens with one attached hydrogen (secondary N) is 1. The van der Waals surface area contributed by atoms with Crippen molar-refractivity contribution >= 4 is 28.2 Å². The topological polar surface area (TPSA) is 90.2 Å². The van der Waals surface area contributed by atoms with Gasteiger partial charge in [0.05, 0.1) is 17.4 Å². The van der Waals surface area contributed by atoms with E-state index in [2.05, 4.69) is 11.4 Å². The van der Waals surface area contributed by atoms with Crippen molar-refractivity contribution in [2.75, 3.05) is 5.32 Å². The highest BCUT2D eigenvalue weighted by molar-refractivity contribution is 7.16. The van der Waals surface area contributed by atoms with Crippen LogP contribution in [-0.4, -0.2) is 17.0 Å². The molecule has 0 fully saturated rings. The van der Waals surface area contributed by atoms with Crippen molar-refractivity contribution in [3.05, 3.63) is 28.2 Å². The number of carbonyl (C=O) groups excluding carboxylic acids is 1. The van der Waals surface area contributed by atoms with Crippen LogP contribution in [0.2, 0.25) is 0 Å². The van der Waals surface area contributed by atoms with Gasteiger partial charge in [-0.3, -0.25) is 9.59 Å². The summed E-state index contributed by atoms with van der Waals surface area (Å²) in [6, 6.07) is 2.09. The van der Waals surface area contributed by atoms with Crippen LogP contribution in [0.3, 0.4) is 0 Å². The number of rotatable bonds is 3. The molecule has 1 aliphatic carbocycles. The second kappa shape index (κ2) is 6.10. The van der Waals surface area contributed by atoms with Crippen LogP contribution in [0.4, 0.5) is 5.00 Å². The van der Waals surface area contributed by atoms with Crippen LogP contribution >= 0.6 is 11.3 Å². The minimum absolute atomic E-state index is 0.329. The number of anilines is 1. The van der Waals surface area contributed by atoms with Crippen LogP contribution in [-0.2, 0) is 9.59 Å². The first-order chi connectivity index (χ1) is 9.95. The summed E-state index contributed by atoms with van der Waals surface area (Å²) in [6.07, 6.45) is 4.40. The van der Waals surface area contributed by atoms with E-state index in [0.717, 1.165) is 10.4 Å². The van der Waals surface area contributed by atoms with E-state index >= 15 is 0 Å². The maximum absolute atomic E-state index is 12.4. The zero-order chi connectivity index (χ0) is 15.6. The Balaban J connectivity index is 2.22. The van der Waals surface area contributed by atoms with Gasteiger partial charge in [0.15, 0.2) is 0 Å². The van der Waals surface area contributed by atoms with Gasteiger partial charge in [-0.2, -0.15) is 5.26 Å². The molecule has 0 radical (unpaired) electrons. The van der Waals surface area contributed by atoms with Gasteiger partial charge in [0.1, 0.15) is 11.1 Å². The first-order valence-corrected chi connectivity index (χ1v) is 7.46. The fourth-order valence-electron chi connectivity index (χ4n) is 2.43. The Bertz CT molecular complexity index is 655. The second-order valence-electron chi connectivity index (χ2n) is 5.08. The molecule has 2 atom stereocenters. The Morgan fingerprint density at radius 1 is 1.33 bits per heavy atom. The molecule has 0 spiro atoms. The van der Waals surface area contributed by atoms with Gasteiger partial charge in [-0.05, 0) is 32.3 Å². The summed E-state index contributed by atoms with van der Waals surface area (Å²) in [5, 5.41) is 21.6. The van der Waals surface area contributed by atoms with Gasteiger partial charge < -0.3 is 10.4 Å². The fraction of sp³-hybridized carbons (Fsp3) is 0.400. The average molecular weight is 304 g/mol. The van der Waals surface area contributed by atoms with Crippen LogP contribution in [0.25, 0.3) is 0 Å². The van der Waals surface area contributed by atoms with E-state index in [1.807, 2.05) is 19.9 Å². The summed E-state index contributed by atoms with van der Waals surface area (Å²) in [7, 11) is 0. The highest BCUT2D eigenvalue weighted by Crippen LogP contribution is 2.33. The number of nitriles is 1. The quantitative estimate of drug-likeness (QED) is 0.840. The van der Waals surface area contributed by atoms with Crippen LogP contribution in [0.15, 0.2) is 12.2 Å². The van der Waals surface area contributed by atoms with Crippen molar-refractivity contribution in [2.24, 2.45) is 11.8 Å². The Morgan fingerprint density at radius 2 is 1.95 bits per heavy atom. The molecule has 0 aromatic carbocycles. The summed E-state index contributed by atoms with van der Waals surface area (Å²) in [5.41, 5.74) is 1.32. The lowest BCUT2D eigenvalue weighted by atomic mass is 9.82. The van der Waals surface area contributed by atoms with Crippen LogP contribution in [0.1, 0.15) is 28.8 Å². The van der Waals surface area contributed by atoms with Crippen molar-refractivity contribution < 1.29 is 14.7 Å². The molecule has 0 bridgehead atoms. The second-order valence-corrected chi connectivity index (χ2v) is 6.31. The molecule has 5 nitrogen and oxygen atoms in total. The fourth-order valence-corrected chi connectivity index (χ4v) is 3.44. The van der Waals surface area contributed by atoms with Gasteiger partial charge in [-0.1, -0.05) is 12.2 Å². The summed E-state index contributed by atoms with van der Waals surface area (Å²) in [6.45, 7) is 3.73. The minimum atomic E-state index is -0.960. The van der Waals surface area contributed by atoms with E-state index in [1.165, 1.54) is 11.3 Å². The average Bonchev–Trinajstić information content (AvgIpc) is 2.73. The SMILES string of the molecule is Cc1sc(NC(=O)[C@H]2CC=CC[C@H]2C(=O)O)c(C#N)c1C. The Labute approximate surface area is 126 Å². The van der Waals surface area contributed by atoms with Crippen molar-refractivity contribution in [1.29, 1.82) is 5.26 Å². The Morgan fingerprint density at radius 3 is 2.52 bits per heavy atom. The Hall–Kier alpha value is -2.13. The van der Waals surface area contributed by atoms with Gasteiger partial charge in [0.2, 0.25) is 5.91 Å². The standard InChI is InChI=1S/C15H16N2O3S/c1-8-9(2)21-14(12(8)7-16)17-13(18)10-5-3-4-6-11(10)15(19)20/h3-4,10-11H,5-6H2,1-2H3,(H,17,18)(H,19,20)/t10-,11+/m0/s1. The number of hydrogen-bond donors (Lipinski definition) is 2. The molecule has 1 amide bonds. The lowest BCUT2D eigenvalue weighted by Crippen LogP contribution is -2.34. The number of thiophene rings is 1. The zero-order valence-electron chi connectivity index (χ0n) is 11.8. The molecular weight excluding hydrogens is 288 g/mol. The van der Waals surface area contributed by atoms with Gasteiger partial charge in [0, 0.05) is 4.88 Å². The van der Waals surface area contributed by atoms with E-state index in [9.17, 15) is 20.0 Å². The summed E-state index contributed by atoms with van der Waals surface area (Å²) < 4.78 is 0. The molecule has 110 valence electrons. The summed E-state index contributed by atoms with van der Waals surface area (Å²) >= 11 is 1.35. The minimum Gasteiger partial charge on any atom is -0.481 e. The maximum atomic E-state index is 12.4. The van der Waals surface area contributed by atoms with Gasteiger partial charge in [-0.25, -0.2) is 0 Å². The predicted octanol–water partition coefficient (Wildman–Crippen LogP) is 2.84. The summed E-state index contributed by atoms with van der Waals surface area (Å²) in [4.78, 5) is 24.6. The molecule has 21 heavy (non-hydrogen) atoms. The molecule has 0 unspecified atom stereocenters. The first-order valence-electron chi connectivity index (χ1n) is 6.64. The highest BCUT2D eigenvalue weighted by atomic mass is 32.1. The molecule has 1 aromatic heterocycles. The predicted molar refractivity (Wildman–Crippen MR) is 80.1 cm³/mol. The van der Waals surface area contributed by atoms with E-state index in [0.29, 0.717) is 23.4 Å².